The Morgan fingerprint density at radius 3 is 3.11 bits per heavy atom. The molecule has 0 amide bonds. The zero-order valence-corrected chi connectivity index (χ0v) is 11.0. The van der Waals surface area contributed by atoms with Crippen LogP contribution in [0.15, 0.2) is 18.2 Å². The highest BCUT2D eigenvalue weighted by Crippen LogP contribution is 2.28. The molecule has 2 heterocycles. The summed E-state index contributed by atoms with van der Waals surface area (Å²) in [6.07, 6.45) is 3.28. The van der Waals surface area contributed by atoms with Crippen LogP contribution in [0, 0.1) is 0 Å². The summed E-state index contributed by atoms with van der Waals surface area (Å²) in [5.74, 6) is 0.977. The number of hydrogen-bond donors (Lipinski definition) is 1. The lowest BCUT2D eigenvalue weighted by Gasteiger charge is -2.34. The Morgan fingerprint density at radius 2 is 2.28 bits per heavy atom. The summed E-state index contributed by atoms with van der Waals surface area (Å²) in [5, 5.41) is 3.40. The highest BCUT2D eigenvalue weighted by molar-refractivity contribution is 5.37. The van der Waals surface area contributed by atoms with Gasteiger partial charge < -0.3 is 14.8 Å². The van der Waals surface area contributed by atoms with E-state index in [2.05, 4.69) is 30.4 Å². The third kappa shape index (κ3) is 2.52. The van der Waals surface area contributed by atoms with E-state index in [1.54, 1.807) is 0 Å². The second-order valence-electron chi connectivity index (χ2n) is 5.57. The predicted molar refractivity (Wildman–Crippen MR) is 70.9 cm³/mol. The Kier molecular flexibility index (Phi) is 3.27. The van der Waals surface area contributed by atoms with Crippen molar-refractivity contribution in [3.63, 3.8) is 0 Å². The molecule has 1 saturated heterocycles. The van der Waals surface area contributed by atoms with Crippen LogP contribution < -0.4 is 10.1 Å². The average Bonchev–Trinajstić information content (AvgIpc) is 2.39. The third-order valence-electron chi connectivity index (χ3n) is 3.83. The van der Waals surface area contributed by atoms with Gasteiger partial charge in [-0.15, -0.1) is 0 Å². The molecular formula is C15H21NO2. The number of nitrogens with one attached hydrogen (secondary N) is 1. The Labute approximate surface area is 108 Å². The van der Waals surface area contributed by atoms with Crippen LogP contribution in [0.5, 0.6) is 5.75 Å². The van der Waals surface area contributed by atoms with Gasteiger partial charge in [0, 0.05) is 13.2 Å². The largest absolute Gasteiger partial charge is 0.485 e. The summed E-state index contributed by atoms with van der Waals surface area (Å²) in [6, 6.07) is 6.49. The highest BCUT2D eigenvalue weighted by atomic mass is 16.5. The molecule has 2 aliphatic heterocycles. The molecular weight excluding hydrogens is 226 g/mol. The van der Waals surface area contributed by atoms with Gasteiger partial charge >= 0.3 is 0 Å². The third-order valence-corrected chi connectivity index (χ3v) is 3.83. The van der Waals surface area contributed by atoms with E-state index in [-0.39, 0.29) is 5.60 Å². The molecule has 1 N–H and O–H groups in total. The second-order valence-corrected chi connectivity index (χ2v) is 5.57. The second kappa shape index (κ2) is 4.90. The number of ether oxygens (including phenoxy) is 2. The monoisotopic (exact) mass is 247 g/mol. The molecule has 0 saturated carbocycles. The van der Waals surface area contributed by atoms with E-state index in [9.17, 15) is 0 Å². The van der Waals surface area contributed by atoms with Crippen LogP contribution in [0.2, 0.25) is 0 Å². The smallest absolute Gasteiger partial charge is 0.129 e. The van der Waals surface area contributed by atoms with Crippen LogP contribution >= 0.6 is 0 Å². The minimum Gasteiger partial charge on any atom is -0.485 e. The van der Waals surface area contributed by atoms with Gasteiger partial charge in [-0.1, -0.05) is 6.07 Å². The lowest BCUT2D eigenvalue weighted by atomic mass is 9.98. The van der Waals surface area contributed by atoms with Crippen molar-refractivity contribution >= 4 is 0 Å². The highest BCUT2D eigenvalue weighted by Gasteiger charge is 2.29. The molecule has 0 radical (unpaired) electrons. The molecule has 0 spiro atoms. The summed E-state index contributed by atoms with van der Waals surface area (Å²) < 4.78 is 11.7. The van der Waals surface area contributed by atoms with Gasteiger partial charge in [-0.3, -0.25) is 0 Å². The summed E-state index contributed by atoms with van der Waals surface area (Å²) in [6.45, 7) is 5.75. The topological polar surface area (TPSA) is 30.5 Å². The van der Waals surface area contributed by atoms with Crippen molar-refractivity contribution in [2.45, 2.75) is 38.3 Å². The molecule has 0 bridgehead atoms. The van der Waals surface area contributed by atoms with Crippen molar-refractivity contribution in [3.8, 4) is 5.75 Å². The van der Waals surface area contributed by atoms with Crippen molar-refractivity contribution in [2.24, 2.45) is 0 Å². The number of rotatable bonds is 2. The normalized spacial score (nSPS) is 27.6. The van der Waals surface area contributed by atoms with Gasteiger partial charge in [-0.25, -0.2) is 0 Å². The Hall–Kier alpha value is -1.06. The van der Waals surface area contributed by atoms with Gasteiger partial charge in [-0.2, -0.15) is 0 Å². The van der Waals surface area contributed by atoms with Gasteiger partial charge in [0.2, 0.25) is 0 Å². The van der Waals surface area contributed by atoms with E-state index in [4.69, 9.17) is 9.47 Å². The van der Waals surface area contributed by atoms with Gasteiger partial charge in [0.25, 0.3) is 0 Å². The maximum atomic E-state index is 6.16. The first-order valence-corrected chi connectivity index (χ1v) is 6.84. The molecule has 98 valence electrons. The van der Waals surface area contributed by atoms with Crippen molar-refractivity contribution in [2.75, 3.05) is 19.8 Å². The molecule has 2 aliphatic rings. The van der Waals surface area contributed by atoms with E-state index < -0.39 is 0 Å². The minimum absolute atomic E-state index is 0.158. The van der Waals surface area contributed by atoms with E-state index in [0.717, 1.165) is 44.7 Å². The van der Waals surface area contributed by atoms with Gasteiger partial charge in [0.1, 0.15) is 11.4 Å². The molecule has 3 heteroatoms. The van der Waals surface area contributed by atoms with E-state index in [1.165, 1.54) is 11.1 Å². The van der Waals surface area contributed by atoms with Gasteiger partial charge in [0.05, 0.1) is 6.61 Å². The summed E-state index contributed by atoms with van der Waals surface area (Å²) in [5.41, 5.74) is 2.67. The van der Waals surface area contributed by atoms with Crippen molar-refractivity contribution in [1.29, 1.82) is 0 Å². The van der Waals surface area contributed by atoms with Crippen LogP contribution in [0.25, 0.3) is 0 Å². The maximum Gasteiger partial charge on any atom is 0.129 e. The van der Waals surface area contributed by atoms with Crippen molar-refractivity contribution in [3.05, 3.63) is 29.3 Å². The van der Waals surface area contributed by atoms with Gasteiger partial charge in [-0.05, 0) is 56.0 Å². The Morgan fingerprint density at radius 1 is 1.33 bits per heavy atom. The van der Waals surface area contributed by atoms with E-state index in [0.29, 0.717) is 6.61 Å². The molecule has 0 aromatic heterocycles. The Bertz CT molecular complexity index is 425. The molecule has 1 aromatic carbocycles. The number of fused-ring (bicyclic) bond motifs is 1. The first-order valence-electron chi connectivity index (χ1n) is 6.84. The van der Waals surface area contributed by atoms with Crippen molar-refractivity contribution < 1.29 is 9.47 Å². The van der Waals surface area contributed by atoms with Crippen LogP contribution in [-0.2, 0) is 17.7 Å². The predicted octanol–water partition coefficient (Wildman–Crippen LogP) is 2.28. The minimum atomic E-state index is -0.158. The summed E-state index contributed by atoms with van der Waals surface area (Å²) >= 11 is 0. The van der Waals surface area contributed by atoms with Crippen molar-refractivity contribution in [1.82, 2.24) is 5.32 Å². The zero-order chi connectivity index (χ0) is 12.4. The molecule has 3 nitrogen and oxygen atoms in total. The molecule has 3 rings (SSSR count). The first kappa shape index (κ1) is 12.0. The molecule has 1 fully saturated rings. The molecule has 18 heavy (non-hydrogen) atoms. The standard InChI is InChI=1S/C15H21NO2/c1-15(6-2-8-17-11-15)18-14-4-3-12-5-7-16-10-13(12)9-14/h3-4,9,16H,2,5-8,10-11H2,1H3. The van der Waals surface area contributed by atoms with E-state index >= 15 is 0 Å². The Balaban J connectivity index is 1.76. The number of hydrogen-bond acceptors (Lipinski definition) is 3. The van der Waals surface area contributed by atoms with Crippen LogP contribution in [0.1, 0.15) is 30.9 Å². The van der Waals surface area contributed by atoms with Gasteiger partial charge in [0.15, 0.2) is 0 Å². The van der Waals surface area contributed by atoms with Crippen LogP contribution in [-0.4, -0.2) is 25.4 Å². The molecule has 0 aliphatic carbocycles. The lowest BCUT2D eigenvalue weighted by molar-refractivity contribution is -0.0564. The quantitative estimate of drug-likeness (QED) is 0.869. The first-order chi connectivity index (χ1) is 8.75. The fourth-order valence-electron chi connectivity index (χ4n) is 2.79. The maximum absolute atomic E-state index is 6.16. The summed E-state index contributed by atoms with van der Waals surface area (Å²) in [4.78, 5) is 0. The fraction of sp³-hybridized carbons (Fsp3) is 0.600. The summed E-state index contributed by atoms with van der Waals surface area (Å²) in [7, 11) is 0. The average molecular weight is 247 g/mol. The SMILES string of the molecule is CC1(Oc2ccc3c(c2)CNCC3)CCCOC1. The number of benzene rings is 1. The van der Waals surface area contributed by atoms with Crippen LogP contribution in [0.4, 0.5) is 0 Å². The fourth-order valence-corrected chi connectivity index (χ4v) is 2.79. The molecule has 1 unspecified atom stereocenters. The molecule has 1 aromatic rings. The zero-order valence-electron chi connectivity index (χ0n) is 11.0. The molecule has 1 atom stereocenters. The van der Waals surface area contributed by atoms with E-state index in [1.807, 2.05) is 0 Å². The lowest BCUT2D eigenvalue weighted by Crippen LogP contribution is -2.41. The van der Waals surface area contributed by atoms with Crippen LogP contribution in [0.3, 0.4) is 0 Å².